The molecule has 0 aliphatic heterocycles. The van der Waals surface area contributed by atoms with Crippen molar-refractivity contribution in [1.82, 2.24) is 4.98 Å². The van der Waals surface area contributed by atoms with Gasteiger partial charge in [0.25, 0.3) is 0 Å². The third kappa shape index (κ3) is 5.05. The molecule has 31 heavy (non-hydrogen) atoms. The van der Waals surface area contributed by atoms with Gasteiger partial charge in [0.15, 0.2) is 0 Å². The van der Waals surface area contributed by atoms with Gasteiger partial charge in [0.1, 0.15) is 10.8 Å². The summed E-state index contributed by atoms with van der Waals surface area (Å²) in [7, 11) is 0. The molecule has 0 spiro atoms. The number of aromatic carboxylic acids is 1. The van der Waals surface area contributed by atoms with Crippen molar-refractivity contribution in [1.29, 1.82) is 0 Å². The molecule has 0 aliphatic carbocycles. The second kappa shape index (κ2) is 9.20. The highest BCUT2D eigenvalue weighted by Crippen LogP contribution is 2.29. The lowest BCUT2D eigenvalue weighted by molar-refractivity contribution is -0.118. The van der Waals surface area contributed by atoms with E-state index in [0.29, 0.717) is 25.8 Å². The van der Waals surface area contributed by atoms with E-state index < -0.39 is 5.97 Å². The maximum atomic E-state index is 12.5. The number of fused-ring (bicyclic) bond motifs is 1. The van der Waals surface area contributed by atoms with Crippen LogP contribution in [0.25, 0.3) is 21.3 Å². The van der Waals surface area contributed by atoms with E-state index >= 15 is 0 Å². The number of aryl methyl sites for hydroxylation is 1. The number of nitrogens with two attached hydrogens (primary N) is 1. The summed E-state index contributed by atoms with van der Waals surface area (Å²) < 4.78 is 1.05. The summed E-state index contributed by atoms with van der Waals surface area (Å²) in [5.74, 6) is -0.866. The van der Waals surface area contributed by atoms with Gasteiger partial charge in [-0.15, -0.1) is 11.3 Å². The Morgan fingerprint density at radius 3 is 2.45 bits per heavy atom. The van der Waals surface area contributed by atoms with E-state index in [2.05, 4.69) is 23.2 Å². The lowest BCUT2D eigenvalue weighted by Gasteiger charge is -2.03. The number of carbonyl (C=O) groups excluding carboxylic acids is 1. The highest BCUT2D eigenvalue weighted by molar-refractivity contribution is 7.18. The minimum atomic E-state index is -0.961. The number of ketones is 1. The number of benzene rings is 3. The van der Waals surface area contributed by atoms with Crippen LogP contribution in [-0.2, 0) is 24.2 Å². The van der Waals surface area contributed by atoms with E-state index in [1.807, 2.05) is 30.3 Å². The van der Waals surface area contributed by atoms with E-state index in [1.165, 1.54) is 0 Å². The Morgan fingerprint density at radius 2 is 1.71 bits per heavy atom. The van der Waals surface area contributed by atoms with Gasteiger partial charge < -0.3 is 10.8 Å². The maximum Gasteiger partial charge on any atom is 0.335 e. The van der Waals surface area contributed by atoms with Gasteiger partial charge in [-0.05, 0) is 52.9 Å². The summed E-state index contributed by atoms with van der Waals surface area (Å²) in [6.07, 6.45) is 1.17. The van der Waals surface area contributed by atoms with Gasteiger partial charge in [0.05, 0.1) is 22.2 Å². The first-order chi connectivity index (χ1) is 15.0. The van der Waals surface area contributed by atoms with Crippen LogP contribution < -0.4 is 5.73 Å². The van der Waals surface area contributed by atoms with Gasteiger partial charge in [0, 0.05) is 13.0 Å². The van der Waals surface area contributed by atoms with Crippen molar-refractivity contribution in [2.24, 2.45) is 5.73 Å². The first kappa shape index (κ1) is 20.9. The van der Waals surface area contributed by atoms with Crippen LogP contribution in [0.15, 0.2) is 66.7 Å². The van der Waals surface area contributed by atoms with Gasteiger partial charge in [0.2, 0.25) is 0 Å². The molecule has 4 rings (SSSR count). The van der Waals surface area contributed by atoms with Crippen LogP contribution >= 0.6 is 11.3 Å². The predicted molar refractivity (Wildman–Crippen MR) is 123 cm³/mol. The number of rotatable bonds is 8. The molecule has 0 bridgehead atoms. The fourth-order valence-electron chi connectivity index (χ4n) is 3.46. The molecule has 0 aliphatic rings. The highest BCUT2D eigenvalue weighted by Gasteiger charge is 2.11. The molecule has 4 aromatic rings. The predicted octanol–water partition coefficient (Wildman–Crippen LogP) is 4.86. The second-order valence-electron chi connectivity index (χ2n) is 7.41. The average molecular weight is 431 g/mol. The highest BCUT2D eigenvalue weighted by atomic mass is 32.1. The van der Waals surface area contributed by atoms with E-state index in [4.69, 9.17) is 10.8 Å². The monoisotopic (exact) mass is 430 g/mol. The number of nitrogens with zero attached hydrogens (tertiary/aromatic N) is 1. The number of carboxylic acids is 1. The fourth-order valence-corrected chi connectivity index (χ4v) is 4.50. The summed E-state index contributed by atoms with van der Waals surface area (Å²) >= 11 is 1.54. The van der Waals surface area contributed by atoms with Crippen LogP contribution in [0.4, 0.5) is 0 Å². The SMILES string of the molecule is NCc1ccc(-c2ccc3nc(CC(=O)CCc4cccc(C(=O)O)c4)sc3c2)cc1. The van der Waals surface area contributed by atoms with E-state index in [1.54, 1.807) is 29.5 Å². The Labute approximate surface area is 184 Å². The van der Waals surface area contributed by atoms with Crippen molar-refractivity contribution in [2.75, 3.05) is 0 Å². The van der Waals surface area contributed by atoms with Gasteiger partial charge in [-0.1, -0.05) is 42.5 Å². The summed E-state index contributed by atoms with van der Waals surface area (Å²) in [5.41, 5.74) is 11.0. The number of hydrogen-bond donors (Lipinski definition) is 2. The first-order valence-electron chi connectivity index (χ1n) is 10.0. The second-order valence-corrected chi connectivity index (χ2v) is 8.53. The molecule has 5 nitrogen and oxygen atoms in total. The number of carbonyl (C=O) groups is 2. The van der Waals surface area contributed by atoms with Gasteiger partial charge in [-0.2, -0.15) is 0 Å². The van der Waals surface area contributed by atoms with Crippen LogP contribution in [-0.4, -0.2) is 21.8 Å². The van der Waals surface area contributed by atoms with Crippen LogP contribution in [0.3, 0.4) is 0 Å². The number of thiazole rings is 1. The maximum absolute atomic E-state index is 12.5. The standard InChI is InChI=1S/C25H22N2O3S/c26-15-17-4-7-18(8-5-17)19-9-11-22-23(13-19)31-24(27-22)14-21(28)10-6-16-2-1-3-20(12-16)25(29)30/h1-5,7-9,11-13H,6,10,14-15,26H2,(H,29,30). The zero-order valence-electron chi connectivity index (χ0n) is 16.9. The van der Waals surface area contributed by atoms with E-state index in [9.17, 15) is 9.59 Å². The quantitative estimate of drug-likeness (QED) is 0.416. The van der Waals surface area contributed by atoms with Crippen molar-refractivity contribution in [2.45, 2.75) is 25.8 Å². The van der Waals surface area contributed by atoms with E-state index in [-0.39, 0.29) is 11.3 Å². The van der Waals surface area contributed by atoms with Crippen LogP contribution in [0, 0.1) is 0 Å². The third-order valence-corrected chi connectivity index (χ3v) is 6.19. The molecule has 156 valence electrons. The van der Waals surface area contributed by atoms with Crippen molar-refractivity contribution in [3.8, 4) is 11.1 Å². The molecule has 3 aromatic carbocycles. The first-order valence-corrected chi connectivity index (χ1v) is 10.9. The zero-order valence-corrected chi connectivity index (χ0v) is 17.7. The summed E-state index contributed by atoms with van der Waals surface area (Å²) in [6.45, 7) is 0.524. The lowest BCUT2D eigenvalue weighted by atomic mass is 10.0. The zero-order chi connectivity index (χ0) is 21.8. The van der Waals surface area contributed by atoms with Crippen LogP contribution in [0.2, 0.25) is 0 Å². The third-order valence-electron chi connectivity index (χ3n) is 5.17. The Kier molecular flexibility index (Phi) is 6.21. The average Bonchev–Trinajstić information content (AvgIpc) is 3.19. The topological polar surface area (TPSA) is 93.3 Å². The fraction of sp³-hybridized carbons (Fsp3) is 0.160. The minimum absolute atomic E-state index is 0.0948. The molecule has 1 heterocycles. The molecule has 0 radical (unpaired) electrons. The normalized spacial score (nSPS) is 11.0. The number of aromatic nitrogens is 1. The molecular weight excluding hydrogens is 408 g/mol. The Morgan fingerprint density at radius 1 is 0.935 bits per heavy atom. The Hall–Kier alpha value is -3.35. The van der Waals surface area contributed by atoms with Crippen molar-refractivity contribution < 1.29 is 14.7 Å². The summed E-state index contributed by atoms with van der Waals surface area (Å²) in [6, 6.07) is 21.1. The van der Waals surface area contributed by atoms with Crippen LogP contribution in [0.1, 0.15) is 32.9 Å². The van der Waals surface area contributed by atoms with Gasteiger partial charge in [-0.25, -0.2) is 9.78 Å². The molecule has 0 saturated heterocycles. The Bertz CT molecular complexity index is 1250. The molecule has 0 amide bonds. The lowest BCUT2D eigenvalue weighted by Crippen LogP contribution is -2.05. The molecule has 0 atom stereocenters. The molecule has 3 N–H and O–H groups in total. The van der Waals surface area contributed by atoms with Gasteiger partial charge in [-0.3, -0.25) is 4.79 Å². The summed E-state index contributed by atoms with van der Waals surface area (Å²) in [5, 5.41) is 9.89. The van der Waals surface area contributed by atoms with Crippen molar-refractivity contribution in [3.63, 3.8) is 0 Å². The summed E-state index contributed by atoms with van der Waals surface area (Å²) in [4.78, 5) is 28.2. The smallest absolute Gasteiger partial charge is 0.335 e. The molecular formula is C25H22N2O3S. The minimum Gasteiger partial charge on any atom is -0.478 e. The Balaban J connectivity index is 1.43. The van der Waals surface area contributed by atoms with E-state index in [0.717, 1.165) is 37.5 Å². The molecule has 6 heteroatoms. The molecule has 0 saturated carbocycles. The number of Topliss-reactive ketones (excluding diaryl/α,β-unsaturated/α-hetero) is 1. The van der Waals surface area contributed by atoms with Gasteiger partial charge >= 0.3 is 5.97 Å². The number of hydrogen-bond acceptors (Lipinski definition) is 5. The number of carboxylic acid groups (broad SMARTS) is 1. The van der Waals surface area contributed by atoms with Crippen molar-refractivity contribution >= 4 is 33.3 Å². The molecule has 0 unspecified atom stereocenters. The molecule has 0 fully saturated rings. The largest absolute Gasteiger partial charge is 0.478 e. The van der Waals surface area contributed by atoms with Crippen molar-refractivity contribution in [3.05, 3.63) is 88.4 Å². The van der Waals surface area contributed by atoms with Crippen LogP contribution in [0.5, 0.6) is 0 Å². The molecule has 1 aromatic heterocycles.